The van der Waals surface area contributed by atoms with Gasteiger partial charge in [-0.05, 0) is 38.7 Å². The van der Waals surface area contributed by atoms with Gasteiger partial charge in [0, 0.05) is 19.0 Å². The van der Waals surface area contributed by atoms with Crippen LogP contribution in [0.5, 0.6) is 0 Å². The van der Waals surface area contributed by atoms with Crippen LogP contribution in [0.25, 0.3) is 0 Å². The van der Waals surface area contributed by atoms with E-state index in [-0.39, 0.29) is 11.4 Å². The lowest BCUT2D eigenvalue weighted by Gasteiger charge is -2.36. The van der Waals surface area contributed by atoms with E-state index in [1.165, 1.54) is 5.56 Å². The molecule has 0 aliphatic rings. The molecule has 0 radical (unpaired) electrons. The molecule has 1 aromatic carbocycles. The summed E-state index contributed by atoms with van der Waals surface area (Å²) in [7, 11) is 1.92. The zero-order valence-corrected chi connectivity index (χ0v) is 12.1. The van der Waals surface area contributed by atoms with Gasteiger partial charge in [0.1, 0.15) is 0 Å². The van der Waals surface area contributed by atoms with Gasteiger partial charge in [-0.3, -0.25) is 4.79 Å². The molecule has 0 aromatic heterocycles. The smallest absolute Gasteiger partial charge is 0.222 e. The molecule has 0 atom stereocenters. The molecular formula is C16H25NO. The van der Waals surface area contributed by atoms with Crippen molar-refractivity contribution in [2.24, 2.45) is 0 Å². The summed E-state index contributed by atoms with van der Waals surface area (Å²) in [5, 5.41) is 0. The third kappa shape index (κ3) is 4.17. The minimum Gasteiger partial charge on any atom is -0.341 e. The van der Waals surface area contributed by atoms with Gasteiger partial charge >= 0.3 is 0 Å². The van der Waals surface area contributed by atoms with E-state index in [2.05, 4.69) is 38.1 Å². The zero-order chi connectivity index (χ0) is 13.6. The molecule has 2 nitrogen and oxygen atoms in total. The molecular weight excluding hydrogens is 222 g/mol. The molecule has 0 fully saturated rings. The Morgan fingerprint density at radius 3 is 2.39 bits per heavy atom. The van der Waals surface area contributed by atoms with E-state index in [9.17, 15) is 4.79 Å². The Morgan fingerprint density at radius 1 is 1.22 bits per heavy atom. The largest absolute Gasteiger partial charge is 0.341 e. The fourth-order valence-corrected chi connectivity index (χ4v) is 1.98. The molecule has 0 saturated carbocycles. The number of benzene rings is 1. The topological polar surface area (TPSA) is 20.3 Å². The van der Waals surface area contributed by atoms with Crippen molar-refractivity contribution in [1.82, 2.24) is 4.90 Å². The second kappa shape index (κ2) is 6.58. The van der Waals surface area contributed by atoms with Crippen molar-refractivity contribution < 1.29 is 4.79 Å². The maximum Gasteiger partial charge on any atom is 0.222 e. The summed E-state index contributed by atoms with van der Waals surface area (Å²) >= 11 is 0. The van der Waals surface area contributed by atoms with Crippen LogP contribution < -0.4 is 0 Å². The van der Waals surface area contributed by atoms with Crippen molar-refractivity contribution in [3.63, 3.8) is 0 Å². The Balaban J connectivity index is 2.56. The molecule has 0 spiro atoms. The molecule has 1 amide bonds. The van der Waals surface area contributed by atoms with Crippen LogP contribution in [0.15, 0.2) is 30.3 Å². The molecule has 2 heteroatoms. The standard InChI is InChI=1S/C16H25NO/c1-5-9-15(18)17(4)16(2,3)13-12-14-10-7-6-8-11-14/h6-8,10-11H,5,9,12-13H2,1-4H3. The van der Waals surface area contributed by atoms with Crippen molar-refractivity contribution in [2.45, 2.75) is 52.0 Å². The highest BCUT2D eigenvalue weighted by atomic mass is 16.2. The van der Waals surface area contributed by atoms with Crippen LogP contribution in [0.4, 0.5) is 0 Å². The molecule has 18 heavy (non-hydrogen) atoms. The number of aryl methyl sites for hydroxylation is 1. The lowest BCUT2D eigenvalue weighted by Crippen LogP contribution is -2.45. The number of hydrogen-bond donors (Lipinski definition) is 0. The molecule has 0 bridgehead atoms. The Morgan fingerprint density at radius 2 is 1.83 bits per heavy atom. The van der Waals surface area contributed by atoms with Gasteiger partial charge in [-0.2, -0.15) is 0 Å². The van der Waals surface area contributed by atoms with Crippen molar-refractivity contribution in [3.05, 3.63) is 35.9 Å². The van der Waals surface area contributed by atoms with E-state index in [1.807, 2.05) is 24.9 Å². The Labute approximate surface area is 111 Å². The van der Waals surface area contributed by atoms with Crippen molar-refractivity contribution >= 4 is 5.91 Å². The Bertz CT molecular complexity index is 370. The van der Waals surface area contributed by atoms with Gasteiger partial charge in [-0.15, -0.1) is 0 Å². The number of carbonyl (C=O) groups excluding carboxylic acids is 1. The quantitative estimate of drug-likeness (QED) is 0.751. The number of carbonyl (C=O) groups is 1. The van der Waals surface area contributed by atoms with Crippen LogP contribution >= 0.6 is 0 Å². The van der Waals surface area contributed by atoms with E-state index < -0.39 is 0 Å². The van der Waals surface area contributed by atoms with E-state index in [0.717, 1.165) is 19.3 Å². The lowest BCUT2D eigenvalue weighted by molar-refractivity contribution is -0.134. The van der Waals surface area contributed by atoms with Crippen LogP contribution in [-0.4, -0.2) is 23.4 Å². The summed E-state index contributed by atoms with van der Waals surface area (Å²) < 4.78 is 0. The summed E-state index contributed by atoms with van der Waals surface area (Å²) in [4.78, 5) is 13.8. The van der Waals surface area contributed by atoms with Gasteiger partial charge in [0.25, 0.3) is 0 Å². The summed E-state index contributed by atoms with van der Waals surface area (Å²) in [5.74, 6) is 0.246. The Kier molecular flexibility index (Phi) is 5.39. The number of hydrogen-bond acceptors (Lipinski definition) is 1. The summed E-state index contributed by atoms with van der Waals surface area (Å²) in [5.41, 5.74) is 1.25. The maximum absolute atomic E-state index is 11.9. The fourth-order valence-electron chi connectivity index (χ4n) is 1.98. The zero-order valence-electron chi connectivity index (χ0n) is 12.1. The second-order valence-corrected chi connectivity index (χ2v) is 5.50. The molecule has 0 N–H and O–H groups in total. The van der Waals surface area contributed by atoms with Gasteiger partial charge in [0.15, 0.2) is 0 Å². The maximum atomic E-state index is 11.9. The first-order valence-corrected chi connectivity index (χ1v) is 6.78. The van der Waals surface area contributed by atoms with Gasteiger partial charge in [0.2, 0.25) is 5.91 Å². The van der Waals surface area contributed by atoms with E-state index >= 15 is 0 Å². The molecule has 100 valence electrons. The number of nitrogens with zero attached hydrogens (tertiary/aromatic N) is 1. The van der Waals surface area contributed by atoms with Crippen LogP contribution in [0.1, 0.15) is 45.6 Å². The van der Waals surface area contributed by atoms with Crippen LogP contribution in [0, 0.1) is 0 Å². The average molecular weight is 247 g/mol. The fraction of sp³-hybridized carbons (Fsp3) is 0.562. The Hall–Kier alpha value is -1.31. The third-order valence-electron chi connectivity index (χ3n) is 3.61. The lowest BCUT2D eigenvalue weighted by atomic mass is 9.93. The van der Waals surface area contributed by atoms with Crippen LogP contribution in [0.3, 0.4) is 0 Å². The SMILES string of the molecule is CCCC(=O)N(C)C(C)(C)CCc1ccccc1. The predicted molar refractivity (Wildman–Crippen MR) is 76.5 cm³/mol. The first kappa shape index (κ1) is 14.7. The van der Waals surface area contributed by atoms with E-state index in [0.29, 0.717) is 6.42 Å². The predicted octanol–water partition coefficient (Wildman–Crippen LogP) is 3.66. The molecule has 0 heterocycles. The van der Waals surface area contributed by atoms with Gasteiger partial charge in [0.05, 0.1) is 0 Å². The van der Waals surface area contributed by atoms with Crippen molar-refractivity contribution in [2.75, 3.05) is 7.05 Å². The number of rotatable bonds is 6. The van der Waals surface area contributed by atoms with E-state index in [1.54, 1.807) is 0 Å². The summed E-state index contributed by atoms with van der Waals surface area (Å²) in [6, 6.07) is 10.4. The molecule has 0 aliphatic heterocycles. The van der Waals surface area contributed by atoms with Crippen LogP contribution in [-0.2, 0) is 11.2 Å². The second-order valence-electron chi connectivity index (χ2n) is 5.50. The third-order valence-corrected chi connectivity index (χ3v) is 3.61. The minimum atomic E-state index is -0.0813. The first-order valence-electron chi connectivity index (χ1n) is 6.78. The monoisotopic (exact) mass is 247 g/mol. The van der Waals surface area contributed by atoms with Crippen LogP contribution in [0.2, 0.25) is 0 Å². The van der Waals surface area contributed by atoms with E-state index in [4.69, 9.17) is 0 Å². The molecule has 0 aliphatic carbocycles. The highest BCUT2D eigenvalue weighted by Gasteiger charge is 2.26. The molecule has 0 saturated heterocycles. The van der Waals surface area contributed by atoms with Gasteiger partial charge < -0.3 is 4.90 Å². The molecule has 1 aromatic rings. The average Bonchev–Trinajstić information content (AvgIpc) is 2.37. The molecule has 1 rings (SSSR count). The molecule has 0 unspecified atom stereocenters. The summed E-state index contributed by atoms with van der Waals surface area (Å²) in [6.45, 7) is 6.33. The number of amides is 1. The highest BCUT2D eigenvalue weighted by molar-refractivity contribution is 5.76. The first-order chi connectivity index (χ1) is 8.47. The normalized spacial score (nSPS) is 11.3. The van der Waals surface area contributed by atoms with Crippen molar-refractivity contribution in [1.29, 1.82) is 0 Å². The summed E-state index contributed by atoms with van der Waals surface area (Å²) in [6.07, 6.45) is 3.56. The highest BCUT2D eigenvalue weighted by Crippen LogP contribution is 2.21. The van der Waals surface area contributed by atoms with Gasteiger partial charge in [-0.1, -0.05) is 37.3 Å². The van der Waals surface area contributed by atoms with Gasteiger partial charge in [-0.25, -0.2) is 0 Å². The van der Waals surface area contributed by atoms with Crippen molar-refractivity contribution in [3.8, 4) is 0 Å². The minimum absolute atomic E-state index is 0.0813.